The molecule has 156 valence electrons. The van der Waals surface area contributed by atoms with Crippen molar-refractivity contribution in [3.05, 3.63) is 60.5 Å². The van der Waals surface area contributed by atoms with Gasteiger partial charge in [-0.25, -0.2) is 12.8 Å². The molecule has 1 saturated heterocycles. The Morgan fingerprint density at radius 2 is 1.77 bits per heavy atom. The highest BCUT2D eigenvalue weighted by atomic mass is 32.2. The Bertz CT molecular complexity index is 1120. The minimum atomic E-state index is -3.79. The first-order valence-corrected chi connectivity index (χ1v) is 10.8. The quantitative estimate of drug-likeness (QED) is 0.614. The summed E-state index contributed by atoms with van der Waals surface area (Å²) >= 11 is 0. The summed E-state index contributed by atoms with van der Waals surface area (Å²) in [5, 5.41) is 8.49. The van der Waals surface area contributed by atoms with E-state index in [1.165, 1.54) is 23.5 Å². The summed E-state index contributed by atoms with van der Waals surface area (Å²) in [5.74, 6) is -0.0332. The van der Waals surface area contributed by atoms with Crippen molar-refractivity contribution in [1.29, 1.82) is 0 Å². The van der Waals surface area contributed by atoms with Crippen molar-refractivity contribution in [3.8, 4) is 17.1 Å². The maximum Gasteiger partial charge on any atom is 0.243 e. The van der Waals surface area contributed by atoms with Crippen LogP contribution < -0.4 is 9.64 Å². The van der Waals surface area contributed by atoms with Gasteiger partial charge >= 0.3 is 0 Å². The first-order chi connectivity index (χ1) is 14.5. The van der Waals surface area contributed by atoms with Crippen LogP contribution in [0.5, 0.6) is 5.75 Å². The number of hydrogen-bond donors (Lipinski definition) is 0. The number of halogens is 1. The number of piperazine rings is 1. The molecule has 2 aromatic heterocycles. The van der Waals surface area contributed by atoms with E-state index in [2.05, 4.69) is 15.2 Å². The average Bonchev–Trinajstić information content (AvgIpc) is 2.80. The number of anilines is 1. The number of hydrogen-bond acceptors (Lipinski definition) is 7. The van der Waals surface area contributed by atoms with Crippen LogP contribution in [0.15, 0.2) is 59.6 Å². The lowest BCUT2D eigenvalue weighted by Gasteiger charge is -2.34. The zero-order chi connectivity index (χ0) is 21.1. The standard InChI is InChI=1S/C20H20FN5O3S/c1-29-19-7-5-15(14-16(19)21)30(27,28)26-12-10-25(11-13-26)20-8-6-18(23-24-20)17-4-2-3-9-22-17/h2-9,14H,10-13H2,1H3. The summed E-state index contributed by atoms with van der Waals surface area (Å²) in [4.78, 5) is 6.13. The second kappa shape index (κ2) is 8.33. The van der Waals surface area contributed by atoms with Crippen LogP contribution in [-0.2, 0) is 10.0 Å². The largest absolute Gasteiger partial charge is 0.494 e. The number of benzene rings is 1. The predicted molar refractivity (Wildman–Crippen MR) is 109 cm³/mol. The topological polar surface area (TPSA) is 88.5 Å². The third kappa shape index (κ3) is 3.96. The number of pyridine rings is 1. The van der Waals surface area contributed by atoms with Crippen molar-refractivity contribution in [1.82, 2.24) is 19.5 Å². The van der Waals surface area contributed by atoms with Crippen molar-refractivity contribution in [2.45, 2.75) is 4.90 Å². The molecule has 1 fully saturated rings. The summed E-state index contributed by atoms with van der Waals surface area (Å²) in [5.41, 5.74) is 1.40. The molecule has 0 saturated carbocycles. The Hall–Kier alpha value is -3.11. The molecule has 10 heteroatoms. The molecule has 3 aromatic rings. The lowest BCUT2D eigenvalue weighted by molar-refractivity contribution is 0.379. The molecule has 1 aliphatic heterocycles. The normalized spacial score (nSPS) is 15.2. The maximum atomic E-state index is 14.0. The number of methoxy groups -OCH3 is 1. The molecule has 0 bridgehead atoms. The third-order valence-electron chi connectivity index (χ3n) is 4.90. The predicted octanol–water partition coefficient (Wildman–Crippen LogP) is 2.20. The van der Waals surface area contributed by atoms with Gasteiger partial charge in [0.2, 0.25) is 10.0 Å². The fourth-order valence-corrected chi connectivity index (χ4v) is 4.69. The molecule has 0 unspecified atom stereocenters. The Morgan fingerprint density at radius 3 is 2.37 bits per heavy atom. The summed E-state index contributed by atoms with van der Waals surface area (Å²) in [6.45, 7) is 1.43. The van der Waals surface area contributed by atoms with Gasteiger partial charge in [-0.2, -0.15) is 4.31 Å². The van der Waals surface area contributed by atoms with Crippen LogP contribution in [0.1, 0.15) is 0 Å². The van der Waals surface area contributed by atoms with Crippen LogP contribution in [0, 0.1) is 5.82 Å². The van der Waals surface area contributed by atoms with E-state index in [4.69, 9.17) is 4.74 Å². The lowest BCUT2D eigenvalue weighted by Crippen LogP contribution is -2.49. The van der Waals surface area contributed by atoms with Crippen LogP contribution in [-0.4, -0.2) is 61.2 Å². The molecular formula is C20H20FN5O3S. The number of rotatable bonds is 5. The van der Waals surface area contributed by atoms with E-state index in [0.29, 0.717) is 24.6 Å². The van der Waals surface area contributed by atoms with Crippen LogP contribution >= 0.6 is 0 Å². The molecule has 8 nitrogen and oxygen atoms in total. The summed E-state index contributed by atoms with van der Waals surface area (Å²) in [6.07, 6.45) is 1.69. The van der Waals surface area contributed by atoms with Gasteiger partial charge in [0.25, 0.3) is 0 Å². The Kier molecular flexibility index (Phi) is 5.60. The van der Waals surface area contributed by atoms with E-state index in [-0.39, 0.29) is 23.7 Å². The highest BCUT2D eigenvalue weighted by molar-refractivity contribution is 7.89. The molecule has 0 spiro atoms. The Morgan fingerprint density at radius 1 is 0.967 bits per heavy atom. The smallest absolute Gasteiger partial charge is 0.243 e. The first-order valence-electron chi connectivity index (χ1n) is 9.33. The van der Waals surface area contributed by atoms with Crippen molar-refractivity contribution in [2.24, 2.45) is 0 Å². The molecule has 0 N–H and O–H groups in total. The van der Waals surface area contributed by atoms with Gasteiger partial charge in [0.15, 0.2) is 17.4 Å². The molecular weight excluding hydrogens is 409 g/mol. The molecule has 3 heterocycles. The van der Waals surface area contributed by atoms with Crippen molar-refractivity contribution in [2.75, 3.05) is 38.2 Å². The van der Waals surface area contributed by atoms with Gasteiger partial charge in [0, 0.05) is 32.4 Å². The van der Waals surface area contributed by atoms with Gasteiger partial charge in [-0.05, 0) is 42.5 Å². The van der Waals surface area contributed by atoms with Gasteiger partial charge in [0.1, 0.15) is 5.69 Å². The number of nitrogens with zero attached hydrogens (tertiary/aromatic N) is 5. The molecule has 0 radical (unpaired) electrons. The van der Waals surface area contributed by atoms with E-state index < -0.39 is 15.8 Å². The van der Waals surface area contributed by atoms with E-state index >= 15 is 0 Å². The second-order valence-corrected chi connectivity index (χ2v) is 8.62. The lowest BCUT2D eigenvalue weighted by atomic mass is 10.2. The molecule has 0 aliphatic carbocycles. The van der Waals surface area contributed by atoms with Crippen molar-refractivity contribution in [3.63, 3.8) is 0 Å². The van der Waals surface area contributed by atoms with Crippen LogP contribution in [0.3, 0.4) is 0 Å². The van der Waals surface area contributed by atoms with E-state index in [9.17, 15) is 12.8 Å². The summed E-state index contributed by atoms with van der Waals surface area (Å²) in [7, 11) is -2.46. The van der Waals surface area contributed by atoms with Crippen LogP contribution in [0.4, 0.5) is 10.2 Å². The van der Waals surface area contributed by atoms with Gasteiger partial charge < -0.3 is 9.64 Å². The Balaban J connectivity index is 1.44. The van der Waals surface area contributed by atoms with Crippen LogP contribution in [0.2, 0.25) is 0 Å². The maximum absolute atomic E-state index is 14.0. The van der Waals surface area contributed by atoms with Gasteiger partial charge in [-0.3, -0.25) is 4.98 Å². The fourth-order valence-electron chi connectivity index (χ4n) is 3.26. The van der Waals surface area contributed by atoms with Crippen molar-refractivity contribution < 1.29 is 17.5 Å². The summed E-state index contributed by atoms with van der Waals surface area (Å²) in [6, 6.07) is 12.9. The number of sulfonamides is 1. The highest BCUT2D eigenvalue weighted by Gasteiger charge is 2.29. The van der Waals surface area contributed by atoms with Gasteiger partial charge in [0.05, 0.1) is 17.7 Å². The zero-order valence-corrected chi connectivity index (χ0v) is 17.1. The highest BCUT2D eigenvalue weighted by Crippen LogP contribution is 2.25. The Labute approximate surface area is 174 Å². The monoisotopic (exact) mass is 429 g/mol. The number of ether oxygens (including phenoxy) is 1. The molecule has 0 amide bonds. The summed E-state index contributed by atoms with van der Waals surface area (Å²) < 4.78 is 45.8. The van der Waals surface area contributed by atoms with E-state index in [0.717, 1.165) is 11.8 Å². The molecule has 30 heavy (non-hydrogen) atoms. The first kappa shape index (κ1) is 20.2. The minimum absolute atomic E-state index is 0.00601. The van der Waals surface area contributed by atoms with Gasteiger partial charge in [-0.15, -0.1) is 10.2 Å². The third-order valence-corrected chi connectivity index (χ3v) is 6.80. The number of aromatic nitrogens is 3. The van der Waals surface area contributed by atoms with Crippen LogP contribution in [0.25, 0.3) is 11.4 Å². The van der Waals surface area contributed by atoms with E-state index in [1.807, 2.05) is 35.2 Å². The van der Waals surface area contributed by atoms with E-state index in [1.54, 1.807) is 6.20 Å². The average molecular weight is 429 g/mol. The fraction of sp³-hybridized carbons (Fsp3) is 0.250. The van der Waals surface area contributed by atoms with Gasteiger partial charge in [-0.1, -0.05) is 6.07 Å². The minimum Gasteiger partial charge on any atom is -0.494 e. The zero-order valence-electron chi connectivity index (χ0n) is 16.3. The molecule has 0 atom stereocenters. The molecule has 1 aliphatic rings. The van der Waals surface area contributed by atoms with Crippen molar-refractivity contribution >= 4 is 15.8 Å². The second-order valence-electron chi connectivity index (χ2n) is 6.68. The SMILES string of the molecule is COc1ccc(S(=O)(=O)N2CCN(c3ccc(-c4ccccn4)nn3)CC2)cc1F. The molecule has 1 aromatic carbocycles. The molecule has 4 rings (SSSR count).